The van der Waals surface area contributed by atoms with E-state index in [4.69, 9.17) is 5.14 Å². The summed E-state index contributed by atoms with van der Waals surface area (Å²) in [6.45, 7) is 3.24. The molecule has 0 saturated carbocycles. The zero-order valence-corrected chi connectivity index (χ0v) is 14.1. The highest BCUT2D eigenvalue weighted by Crippen LogP contribution is 2.31. The third-order valence-corrected chi connectivity index (χ3v) is 4.88. The Balaban J connectivity index is 2.37. The lowest BCUT2D eigenvalue weighted by atomic mass is 9.96. The van der Waals surface area contributed by atoms with Gasteiger partial charge in [-0.2, -0.15) is 0 Å². The first-order chi connectivity index (χ1) is 11.2. The molecule has 9 nitrogen and oxygen atoms in total. The Bertz CT molecular complexity index is 750. The van der Waals surface area contributed by atoms with Crippen molar-refractivity contribution in [3.8, 4) is 0 Å². The summed E-state index contributed by atoms with van der Waals surface area (Å²) in [5, 5.41) is 18.9. The van der Waals surface area contributed by atoms with E-state index in [0.29, 0.717) is 32.5 Å². The molecule has 0 aliphatic carbocycles. The maximum atomic E-state index is 12.0. The fourth-order valence-corrected chi connectivity index (χ4v) is 3.61. The first-order valence-corrected chi connectivity index (χ1v) is 9.12. The highest BCUT2D eigenvalue weighted by Gasteiger charge is 2.29. The number of anilines is 1. The van der Waals surface area contributed by atoms with Crippen LogP contribution in [0.25, 0.3) is 0 Å². The number of carbonyl (C=O) groups excluding carboxylic acids is 1. The summed E-state index contributed by atoms with van der Waals surface area (Å²) in [5.74, 6) is -0.344. The molecule has 1 aromatic rings. The second-order valence-corrected chi connectivity index (χ2v) is 7.16. The average molecular weight is 356 g/mol. The lowest BCUT2D eigenvalue weighted by Gasteiger charge is -2.34. The molecular formula is C14H20N4O5S. The van der Waals surface area contributed by atoms with Crippen LogP contribution in [0.3, 0.4) is 0 Å². The molecule has 1 aromatic carbocycles. The van der Waals surface area contributed by atoms with E-state index in [1.165, 1.54) is 12.1 Å². The molecule has 1 unspecified atom stereocenters. The van der Waals surface area contributed by atoms with Gasteiger partial charge >= 0.3 is 0 Å². The number of hydrogen-bond donors (Lipinski definition) is 2. The first-order valence-electron chi connectivity index (χ1n) is 7.58. The van der Waals surface area contributed by atoms with E-state index in [1.54, 1.807) is 4.90 Å². The minimum Gasteiger partial charge on any atom is -0.370 e. The molecule has 1 fully saturated rings. The summed E-state index contributed by atoms with van der Waals surface area (Å²) in [6, 6.07) is 3.57. The number of piperidine rings is 1. The average Bonchev–Trinajstić information content (AvgIpc) is 2.53. The van der Waals surface area contributed by atoms with Crippen molar-refractivity contribution in [1.29, 1.82) is 0 Å². The minimum absolute atomic E-state index is 0.0822. The first kappa shape index (κ1) is 18.1. The topological polar surface area (TPSA) is 136 Å². The Hall–Kier alpha value is -2.20. The van der Waals surface area contributed by atoms with Crippen LogP contribution < -0.4 is 15.4 Å². The number of nitrogens with two attached hydrogens (primary N) is 1. The van der Waals surface area contributed by atoms with Gasteiger partial charge in [0, 0.05) is 31.8 Å². The summed E-state index contributed by atoms with van der Waals surface area (Å²) < 4.78 is 23.7. The predicted molar refractivity (Wildman–Crippen MR) is 88.1 cm³/mol. The number of hydrogen-bond acceptors (Lipinski definition) is 6. The molecule has 10 heteroatoms. The summed E-state index contributed by atoms with van der Waals surface area (Å²) in [7, 11) is -4.13. The minimum atomic E-state index is -4.13. The summed E-state index contributed by atoms with van der Waals surface area (Å²) in [6.07, 6.45) is 1.42. The maximum absolute atomic E-state index is 12.0. The molecule has 2 rings (SSSR count). The van der Waals surface area contributed by atoms with Gasteiger partial charge in [0.25, 0.3) is 5.69 Å². The van der Waals surface area contributed by atoms with Crippen LogP contribution >= 0.6 is 0 Å². The lowest BCUT2D eigenvalue weighted by molar-refractivity contribution is -0.385. The molecule has 0 radical (unpaired) electrons. The molecule has 1 heterocycles. The Morgan fingerprint density at radius 3 is 2.79 bits per heavy atom. The number of rotatable bonds is 5. The van der Waals surface area contributed by atoms with Crippen molar-refractivity contribution in [3.63, 3.8) is 0 Å². The standard InChI is InChI=1S/C14H20N4O5S/c1-2-16-14(19)10-4-3-7-17(9-10)12-6-5-11(18(20)21)8-13(12)24(15,22)23/h5-6,8,10H,2-4,7,9H2,1H3,(H,16,19)(H2,15,22,23). The second-order valence-electron chi connectivity index (χ2n) is 5.63. The molecule has 1 aliphatic rings. The highest BCUT2D eigenvalue weighted by molar-refractivity contribution is 7.89. The van der Waals surface area contributed by atoms with Crippen LogP contribution in [0, 0.1) is 16.0 Å². The van der Waals surface area contributed by atoms with E-state index in [1.807, 2.05) is 6.92 Å². The fraction of sp³-hybridized carbons (Fsp3) is 0.500. The van der Waals surface area contributed by atoms with Gasteiger partial charge in [0.2, 0.25) is 15.9 Å². The number of non-ortho nitro benzene ring substituents is 1. The van der Waals surface area contributed by atoms with Gasteiger partial charge < -0.3 is 10.2 Å². The van der Waals surface area contributed by atoms with Gasteiger partial charge in [-0.3, -0.25) is 14.9 Å². The molecule has 1 amide bonds. The zero-order valence-electron chi connectivity index (χ0n) is 13.3. The number of nitrogens with one attached hydrogen (secondary N) is 1. The van der Waals surface area contributed by atoms with Crippen molar-refractivity contribution in [2.45, 2.75) is 24.7 Å². The maximum Gasteiger partial charge on any atom is 0.270 e. The van der Waals surface area contributed by atoms with Crippen LogP contribution in [0.5, 0.6) is 0 Å². The van der Waals surface area contributed by atoms with Crippen molar-refractivity contribution in [2.75, 3.05) is 24.5 Å². The predicted octanol–water partition coefficient (Wildman–Crippen LogP) is 0.595. The SMILES string of the molecule is CCNC(=O)C1CCCN(c2ccc([N+](=O)[O-])cc2S(N)(=O)=O)C1. The number of primary sulfonamides is 1. The molecule has 3 N–H and O–H groups in total. The normalized spacial score (nSPS) is 18.2. The van der Waals surface area contributed by atoms with Gasteiger partial charge in [0.15, 0.2) is 0 Å². The van der Waals surface area contributed by atoms with Crippen molar-refractivity contribution in [2.24, 2.45) is 11.1 Å². The Morgan fingerprint density at radius 1 is 1.50 bits per heavy atom. The van der Waals surface area contributed by atoms with Gasteiger partial charge in [-0.1, -0.05) is 0 Å². The summed E-state index contributed by atoms with van der Waals surface area (Å²) >= 11 is 0. The van der Waals surface area contributed by atoms with E-state index < -0.39 is 14.9 Å². The van der Waals surface area contributed by atoms with Gasteiger partial charge in [0.05, 0.1) is 16.5 Å². The highest BCUT2D eigenvalue weighted by atomic mass is 32.2. The van der Waals surface area contributed by atoms with E-state index >= 15 is 0 Å². The number of amides is 1. The van der Waals surface area contributed by atoms with E-state index in [0.717, 1.165) is 6.07 Å². The number of benzene rings is 1. The number of sulfonamides is 1. The smallest absolute Gasteiger partial charge is 0.270 e. The van der Waals surface area contributed by atoms with Crippen LogP contribution in [-0.4, -0.2) is 38.9 Å². The fourth-order valence-electron chi connectivity index (χ4n) is 2.83. The van der Waals surface area contributed by atoms with Crippen LogP contribution in [0.15, 0.2) is 23.1 Å². The molecular weight excluding hydrogens is 336 g/mol. The number of nitro benzene ring substituents is 1. The molecule has 132 valence electrons. The molecule has 0 aromatic heterocycles. The Morgan fingerprint density at radius 2 is 2.21 bits per heavy atom. The van der Waals surface area contributed by atoms with Gasteiger partial charge in [-0.15, -0.1) is 0 Å². The van der Waals surface area contributed by atoms with Crippen LogP contribution in [-0.2, 0) is 14.8 Å². The number of carbonyl (C=O) groups is 1. The van der Waals surface area contributed by atoms with Crippen LogP contribution in [0.4, 0.5) is 11.4 Å². The monoisotopic (exact) mass is 356 g/mol. The van der Waals surface area contributed by atoms with Crippen LogP contribution in [0.2, 0.25) is 0 Å². The molecule has 0 spiro atoms. The lowest BCUT2D eigenvalue weighted by Crippen LogP contribution is -2.43. The zero-order chi connectivity index (χ0) is 17.9. The second kappa shape index (κ2) is 7.14. The van der Waals surface area contributed by atoms with E-state index in [2.05, 4.69) is 5.32 Å². The van der Waals surface area contributed by atoms with E-state index in [-0.39, 0.29) is 28.1 Å². The van der Waals surface area contributed by atoms with Crippen molar-refractivity contribution < 1.29 is 18.1 Å². The molecule has 1 saturated heterocycles. The van der Waals surface area contributed by atoms with Gasteiger partial charge in [-0.05, 0) is 25.8 Å². The molecule has 1 aliphatic heterocycles. The van der Waals surface area contributed by atoms with Gasteiger partial charge in [-0.25, -0.2) is 13.6 Å². The van der Waals surface area contributed by atoms with Gasteiger partial charge in [0.1, 0.15) is 4.90 Å². The molecule has 0 bridgehead atoms. The third kappa shape index (κ3) is 4.01. The number of nitrogens with zero attached hydrogens (tertiary/aromatic N) is 2. The molecule has 24 heavy (non-hydrogen) atoms. The Labute approximate surface area is 140 Å². The van der Waals surface area contributed by atoms with Crippen molar-refractivity contribution in [3.05, 3.63) is 28.3 Å². The Kier molecular flexibility index (Phi) is 5.40. The van der Waals surface area contributed by atoms with Crippen molar-refractivity contribution >= 4 is 27.3 Å². The summed E-state index contributed by atoms with van der Waals surface area (Å²) in [4.78, 5) is 23.7. The van der Waals surface area contributed by atoms with Crippen molar-refractivity contribution in [1.82, 2.24) is 5.32 Å². The van der Waals surface area contributed by atoms with E-state index in [9.17, 15) is 23.3 Å². The number of nitro groups is 1. The van der Waals surface area contributed by atoms with Crippen LogP contribution in [0.1, 0.15) is 19.8 Å². The third-order valence-electron chi connectivity index (χ3n) is 3.94. The molecule has 1 atom stereocenters. The summed E-state index contributed by atoms with van der Waals surface area (Å²) in [5.41, 5.74) is -0.0582. The quantitative estimate of drug-likeness (QED) is 0.585. The largest absolute Gasteiger partial charge is 0.370 e.